The Labute approximate surface area is 130 Å². The van der Waals surface area contributed by atoms with Crippen LogP contribution < -0.4 is 10.6 Å². The number of hydrogen-bond acceptors (Lipinski definition) is 5. The van der Waals surface area contributed by atoms with E-state index in [1.54, 1.807) is 0 Å². The summed E-state index contributed by atoms with van der Waals surface area (Å²) in [6.07, 6.45) is 0. The van der Waals surface area contributed by atoms with Gasteiger partial charge in [0.1, 0.15) is 0 Å². The van der Waals surface area contributed by atoms with E-state index in [-0.39, 0.29) is 0 Å². The number of thiazole rings is 1. The highest BCUT2D eigenvalue weighted by molar-refractivity contribution is 7.22. The molecule has 1 aromatic heterocycles. The number of hydrogen-bond donors (Lipinski definition) is 1. The molecule has 0 amide bonds. The summed E-state index contributed by atoms with van der Waals surface area (Å²) in [5, 5.41) is 1.17. The van der Waals surface area contributed by atoms with Gasteiger partial charge in [-0.2, -0.15) is 0 Å². The van der Waals surface area contributed by atoms with Crippen molar-refractivity contribution in [3.05, 3.63) is 23.3 Å². The Morgan fingerprint density at radius 3 is 2.62 bits per heavy atom. The van der Waals surface area contributed by atoms with E-state index in [4.69, 9.17) is 10.7 Å². The van der Waals surface area contributed by atoms with E-state index in [9.17, 15) is 0 Å². The Bertz CT molecular complexity index is 628. The highest BCUT2D eigenvalue weighted by Crippen LogP contribution is 2.32. The quantitative estimate of drug-likeness (QED) is 0.946. The Morgan fingerprint density at radius 1 is 1.24 bits per heavy atom. The lowest BCUT2D eigenvalue weighted by atomic mass is 10.1. The molecule has 0 aliphatic carbocycles. The molecule has 1 fully saturated rings. The second-order valence-corrected chi connectivity index (χ2v) is 7.04. The van der Waals surface area contributed by atoms with Gasteiger partial charge in [0.05, 0.1) is 10.2 Å². The molecule has 0 spiro atoms. The molecule has 4 nitrogen and oxygen atoms in total. The topological polar surface area (TPSA) is 45.4 Å². The van der Waals surface area contributed by atoms with Crippen molar-refractivity contribution in [2.45, 2.75) is 26.8 Å². The Balaban J connectivity index is 1.78. The summed E-state index contributed by atoms with van der Waals surface area (Å²) < 4.78 is 1.31. The average Bonchev–Trinajstić information content (AvgIpc) is 2.91. The largest absolute Gasteiger partial charge is 0.345 e. The molecule has 2 aromatic rings. The van der Waals surface area contributed by atoms with Crippen molar-refractivity contribution in [2.24, 2.45) is 5.73 Å². The number of aryl methyl sites for hydroxylation is 2. The Hall–Kier alpha value is -1.17. The highest BCUT2D eigenvalue weighted by atomic mass is 32.1. The zero-order chi connectivity index (χ0) is 15.0. The predicted octanol–water partition coefficient (Wildman–Crippen LogP) is 2.38. The molecule has 0 bridgehead atoms. The highest BCUT2D eigenvalue weighted by Gasteiger charge is 2.22. The van der Waals surface area contributed by atoms with E-state index in [1.165, 1.54) is 26.5 Å². The molecule has 21 heavy (non-hydrogen) atoms. The van der Waals surface area contributed by atoms with Crippen molar-refractivity contribution >= 4 is 26.7 Å². The number of piperazine rings is 1. The van der Waals surface area contributed by atoms with Crippen molar-refractivity contribution in [1.82, 2.24) is 9.88 Å². The number of fused-ring (bicyclic) bond motifs is 1. The van der Waals surface area contributed by atoms with Crippen LogP contribution in [0.3, 0.4) is 0 Å². The first-order chi connectivity index (χ1) is 10.1. The van der Waals surface area contributed by atoms with Crippen LogP contribution in [0.2, 0.25) is 0 Å². The number of aromatic nitrogens is 1. The summed E-state index contributed by atoms with van der Waals surface area (Å²) in [5.41, 5.74) is 9.53. The van der Waals surface area contributed by atoms with Gasteiger partial charge in [-0.1, -0.05) is 17.4 Å². The molecule has 0 saturated carbocycles. The fourth-order valence-electron chi connectivity index (χ4n) is 3.00. The normalized spacial score (nSPS) is 18.4. The first-order valence-electron chi connectivity index (χ1n) is 7.65. The van der Waals surface area contributed by atoms with Gasteiger partial charge in [0.15, 0.2) is 5.13 Å². The van der Waals surface area contributed by atoms with E-state index >= 15 is 0 Å². The van der Waals surface area contributed by atoms with Crippen LogP contribution in [-0.4, -0.2) is 48.6 Å². The summed E-state index contributed by atoms with van der Waals surface area (Å²) in [4.78, 5) is 9.76. The lowest BCUT2D eigenvalue weighted by Crippen LogP contribution is -2.51. The predicted molar refractivity (Wildman–Crippen MR) is 91.4 cm³/mol. The monoisotopic (exact) mass is 304 g/mol. The van der Waals surface area contributed by atoms with Crippen molar-refractivity contribution in [2.75, 3.05) is 37.6 Å². The molecule has 1 atom stereocenters. The number of benzene rings is 1. The molecule has 1 aromatic carbocycles. The fourth-order valence-corrected chi connectivity index (χ4v) is 4.19. The summed E-state index contributed by atoms with van der Waals surface area (Å²) >= 11 is 1.82. The minimum Gasteiger partial charge on any atom is -0.345 e. The molecule has 2 N–H and O–H groups in total. The second-order valence-electron chi connectivity index (χ2n) is 6.03. The zero-order valence-electron chi connectivity index (χ0n) is 13.1. The summed E-state index contributed by atoms with van der Waals surface area (Å²) in [6.45, 7) is 11.5. The van der Waals surface area contributed by atoms with Gasteiger partial charge in [-0.25, -0.2) is 4.98 Å². The fraction of sp³-hybridized carbons (Fsp3) is 0.562. The summed E-state index contributed by atoms with van der Waals surface area (Å²) in [5.74, 6) is 0. The lowest BCUT2D eigenvalue weighted by Gasteiger charge is -2.37. The third-order valence-corrected chi connectivity index (χ3v) is 5.43. The van der Waals surface area contributed by atoms with Crippen molar-refractivity contribution in [3.8, 4) is 0 Å². The zero-order valence-corrected chi connectivity index (χ0v) is 13.9. The van der Waals surface area contributed by atoms with Crippen LogP contribution in [0.15, 0.2) is 12.1 Å². The maximum atomic E-state index is 5.76. The molecular weight excluding hydrogens is 280 g/mol. The van der Waals surface area contributed by atoms with Crippen molar-refractivity contribution in [1.29, 1.82) is 0 Å². The van der Waals surface area contributed by atoms with E-state index in [1.807, 2.05) is 11.3 Å². The molecule has 1 aliphatic heterocycles. The van der Waals surface area contributed by atoms with Gasteiger partial charge >= 0.3 is 0 Å². The molecule has 1 aliphatic rings. The smallest absolute Gasteiger partial charge is 0.186 e. The summed E-state index contributed by atoms with van der Waals surface area (Å²) in [7, 11) is 0. The minimum absolute atomic E-state index is 0.479. The van der Waals surface area contributed by atoms with Crippen LogP contribution in [-0.2, 0) is 0 Å². The average molecular weight is 304 g/mol. The van der Waals surface area contributed by atoms with Gasteiger partial charge < -0.3 is 10.6 Å². The first kappa shape index (κ1) is 14.8. The number of nitrogens with two attached hydrogens (primary N) is 1. The van der Waals surface area contributed by atoms with Crippen LogP contribution in [0, 0.1) is 13.8 Å². The van der Waals surface area contributed by atoms with Crippen LogP contribution in [0.1, 0.15) is 18.1 Å². The van der Waals surface area contributed by atoms with Gasteiger partial charge in [-0.15, -0.1) is 0 Å². The maximum Gasteiger partial charge on any atom is 0.186 e. The SMILES string of the molecule is Cc1cc(C)c2nc(N3CCN(C(C)CN)CC3)sc2c1. The van der Waals surface area contributed by atoms with Crippen LogP contribution in [0.5, 0.6) is 0 Å². The molecule has 5 heteroatoms. The third kappa shape index (κ3) is 2.91. The molecule has 1 unspecified atom stereocenters. The van der Waals surface area contributed by atoms with Crippen molar-refractivity contribution in [3.63, 3.8) is 0 Å². The number of rotatable bonds is 3. The maximum absolute atomic E-state index is 5.76. The molecule has 114 valence electrons. The van der Waals surface area contributed by atoms with E-state index in [2.05, 4.69) is 42.7 Å². The van der Waals surface area contributed by atoms with E-state index < -0.39 is 0 Å². The van der Waals surface area contributed by atoms with Crippen LogP contribution >= 0.6 is 11.3 Å². The van der Waals surface area contributed by atoms with Crippen LogP contribution in [0.4, 0.5) is 5.13 Å². The third-order valence-electron chi connectivity index (χ3n) is 4.37. The van der Waals surface area contributed by atoms with Crippen LogP contribution in [0.25, 0.3) is 10.2 Å². The lowest BCUT2D eigenvalue weighted by molar-refractivity contribution is 0.201. The number of nitrogens with zero attached hydrogens (tertiary/aromatic N) is 3. The van der Waals surface area contributed by atoms with E-state index in [0.717, 1.165) is 32.7 Å². The molecule has 2 heterocycles. The second kappa shape index (κ2) is 5.91. The molecule has 3 rings (SSSR count). The molecule has 0 radical (unpaired) electrons. The summed E-state index contributed by atoms with van der Waals surface area (Å²) in [6, 6.07) is 4.94. The van der Waals surface area contributed by atoms with E-state index in [0.29, 0.717) is 6.04 Å². The van der Waals surface area contributed by atoms with Gasteiger partial charge in [-0.05, 0) is 38.0 Å². The minimum atomic E-state index is 0.479. The van der Waals surface area contributed by atoms with Gasteiger partial charge in [0.25, 0.3) is 0 Å². The standard InChI is InChI=1S/C16H24N4S/c1-11-8-12(2)15-14(9-11)21-16(18-15)20-6-4-19(5-7-20)13(3)10-17/h8-9,13H,4-7,10,17H2,1-3H3. The Kier molecular flexibility index (Phi) is 4.15. The van der Waals surface area contributed by atoms with Gasteiger partial charge in [0, 0.05) is 38.8 Å². The molecule has 1 saturated heterocycles. The number of anilines is 1. The van der Waals surface area contributed by atoms with Crippen molar-refractivity contribution < 1.29 is 0 Å². The Morgan fingerprint density at radius 2 is 1.95 bits per heavy atom. The molecular formula is C16H24N4S. The van der Waals surface area contributed by atoms with Gasteiger partial charge in [-0.3, -0.25) is 4.90 Å². The van der Waals surface area contributed by atoms with Gasteiger partial charge in [0.2, 0.25) is 0 Å². The first-order valence-corrected chi connectivity index (χ1v) is 8.47.